The van der Waals surface area contributed by atoms with Crippen LogP contribution in [-0.4, -0.2) is 55.1 Å². The van der Waals surface area contributed by atoms with E-state index in [1.807, 2.05) is 11.0 Å². The normalized spacial score (nSPS) is 21.0. The van der Waals surface area contributed by atoms with Crippen molar-refractivity contribution >= 4 is 5.91 Å². The molecule has 0 aliphatic carbocycles. The van der Waals surface area contributed by atoms with Crippen LogP contribution in [0.1, 0.15) is 18.4 Å². The number of morpholine rings is 1. The second-order valence-corrected chi connectivity index (χ2v) is 6.12. The molecular formula is C17H23FN2O2. The van der Waals surface area contributed by atoms with Gasteiger partial charge in [-0.25, -0.2) is 4.39 Å². The number of nitrogens with zero attached hydrogens (tertiary/aromatic N) is 2. The van der Waals surface area contributed by atoms with E-state index < -0.39 is 0 Å². The minimum atomic E-state index is -0.185. The molecule has 2 saturated heterocycles. The Morgan fingerprint density at radius 3 is 2.59 bits per heavy atom. The number of rotatable bonds is 3. The van der Waals surface area contributed by atoms with Gasteiger partial charge in [-0.05, 0) is 43.6 Å². The van der Waals surface area contributed by atoms with Gasteiger partial charge in [0, 0.05) is 25.6 Å². The monoisotopic (exact) mass is 306 g/mol. The van der Waals surface area contributed by atoms with E-state index in [1.165, 1.54) is 6.07 Å². The summed E-state index contributed by atoms with van der Waals surface area (Å²) in [6.45, 7) is 5.32. The van der Waals surface area contributed by atoms with E-state index in [1.54, 1.807) is 12.1 Å². The summed E-state index contributed by atoms with van der Waals surface area (Å²) in [5.41, 5.74) is 0.998. The summed E-state index contributed by atoms with van der Waals surface area (Å²) in [5.74, 6) is 0.241. The molecule has 0 saturated carbocycles. The van der Waals surface area contributed by atoms with E-state index in [4.69, 9.17) is 4.74 Å². The minimum absolute atomic E-state index is 0.141. The quantitative estimate of drug-likeness (QED) is 0.855. The highest BCUT2D eigenvalue weighted by Crippen LogP contribution is 2.21. The number of benzene rings is 1. The van der Waals surface area contributed by atoms with E-state index in [9.17, 15) is 9.18 Å². The Balaban J connectivity index is 1.48. The van der Waals surface area contributed by atoms with Gasteiger partial charge in [-0.15, -0.1) is 0 Å². The summed E-state index contributed by atoms with van der Waals surface area (Å²) >= 11 is 0. The van der Waals surface area contributed by atoms with Crippen molar-refractivity contribution in [3.63, 3.8) is 0 Å². The number of hydrogen-bond donors (Lipinski definition) is 0. The Hall–Kier alpha value is -1.46. The number of halogens is 1. The summed E-state index contributed by atoms with van der Waals surface area (Å²) in [7, 11) is 0. The lowest BCUT2D eigenvalue weighted by Crippen LogP contribution is -2.46. The van der Waals surface area contributed by atoms with Crippen LogP contribution in [0.2, 0.25) is 0 Å². The molecule has 120 valence electrons. The van der Waals surface area contributed by atoms with E-state index in [0.29, 0.717) is 13.2 Å². The van der Waals surface area contributed by atoms with Crippen molar-refractivity contribution in [2.45, 2.75) is 19.4 Å². The lowest BCUT2D eigenvalue weighted by Gasteiger charge is -2.35. The molecule has 0 N–H and O–H groups in total. The molecule has 2 aliphatic heterocycles. The van der Waals surface area contributed by atoms with Crippen LogP contribution in [0.5, 0.6) is 0 Å². The maximum Gasteiger partial charge on any atom is 0.225 e. The zero-order valence-corrected chi connectivity index (χ0v) is 12.8. The van der Waals surface area contributed by atoms with Crippen LogP contribution in [0.3, 0.4) is 0 Å². The predicted molar refractivity (Wildman–Crippen MR) is 81.8 cm³/mol. The van der Waals surface area contributed by atoms with E-state index in [-0.39, 0.29) is 17.6 Å². The van der Waals surface area contributed by atoms with Crippen molar-refractivity contribution in [3.05, 3.63) is 35.6 Å². The second kappa shape index (κ2) is 7.20. The molecule has 22 heavy (non-hydrogen) atoms. The third kappa shape index (κ3) is 3.84. The first-order chi connectivity index (χ1) is 10.7. The number of carbonyl (C=O) groups is 1. The van der Waals surface area contributed by atoms with Crippen LogP contribution in [0.4, 0.5) is 4.39 Å². The highest BCUT2D eigenvalue weighted by Gasteiger charge is 2.29. The Kier molecular flexibility index (Phi) is 5.05. The van der Waals surface area contributed by atoms with Crippen molar-refractivity contribution < 1.29 is 13.9 Å². The van der Waals surface area contributed by atoms with Crippen molar-refractivity contribution in [1.82, 2.24) is 9.80 Å². The number of likely N-dealkylation sites (tertiary alicyclic amines) is 1. The zero-order chi connectivity index (χ0) is 15.4. The van der Waals surface area contributed by atoms with Gasteiger partial charge in [0.15, 0.2) is 0 Å². The smallest absolute Gasteiger partial charge is 0.225 e. The summed E-state index contributed by atoms with van der Waals surface area (Å²) < 4.78 is 18.5. The van der Waals surface area contributed by atoms with Gasteiger partial charge in [-0.2, -0.15) is 0 Å². The molecule has 0 spiro atoms. The lowest BCUT2D eigenvalue weighted by molar-refractivity contribution is -0.141. The average Bonchev–Trinajstić information content (AvgIpc) is 2.56. The van der Waals surface area contributed by atoms with Gasteiger partial charge < -0.3 is 9.64 Å². The van der Waals surface area contributed by atoms with E-state index in [2.05, 4.69) is 4.90 Å². The molecule has 0 atom stereocenters. The molecule has 0 unspecified atom stereocenters. The number of ether oxygens (including phenoxy) is 1. The zero-order valence-electron chi connectivity index (χ0n) is 12.8. The van der Waals surface area contributed by atoms with Gasteiger partial charge in [0.2, 0.25) is 5.91 Å². The molecule has 1 aromatic carbocycles. The largest absolute Gasteiger partial charge is 0.378 e. The van der Waals surface area contributed by atoms with Crippen LogP contribution >= 0.6 is 0 Å². The fraction of sp³-hybridized carbons (Fsp3) is 0.588. The molecule has 4 nitrogen and oxygen atoms in total. The maximum atomic E-state index is 13.2. The highest BCUT2D eigenvalue weighted by atomic mass is 19.1. The molecule has 3 rings (SSSR count). The summed E-state index contributed by atoms with van der Waals surface area (Å²) in [6.07, 6.45) is 1.79. The van der Waals surface area contributed by atoms with Gasteiger partial charge in [0.1, 0.15) is 5.82 Å². The predicted octanol–water partition coefficient (Wildman–Crippen LogP) is 1.90. The van der Waals surface area contributed by atoms with Crippen LogP contribution < -0.4 is 0 Å². The van der Waals surface area contributed by atoms with Crippen molar-refractivity contribution in [2.24, 2.45) is 5.92 Å². The Labute approximate surface area is 130 Å². The van der Waals surface area contributed by atoms with E-state index in [0.717, 1.165) is 51.1 Å². The van der Waals surface area contributed by atoms with Gasteiger partial charge in [0.25, 0.3) is 0 Å². The average molecular weight is 306 g/mol. The molecule has 2 fully saturated rings. The lowest BCUT2D eigenvalue weighted by atomic mass is 9.94. The fourth-order valence-electron chi connectivity index (χ4n) is 3.27. The van der Waals surface area contributed by atoms with Crippen LogP contribution in [0.15, 0.2) is 24.3 Å². The van der Waals surface area contributed by atoms with Crippen LogP contribution in [0.25, 0.3) is 0 Å². The molecule has 1 amide bonds. The standard InChI is InChI=1S/C17H23FN2O2/c18-16-3-1-2-14(12-16)13-19-6-4-15(5-7-19)17(21)20-8-10-22-11-9-20/h1-3,12,15H,4-11,13H2. The highest BCUT2D eigenvalue weighted by molar-refractivity contribution is 5.79. The molecule has 0 radical (unpaired) electrons. The molecule has 2 aliphatic rings. The van der Waals surface area contributed by atoms with Crippen molar-refractivity contribution in [3.8, 4) is 0 Å². The Morgan fingerprint density at radius 1 is 1.18 bits per heavy atom. The Bertz CT molecular complexity index is 509. The topological polar surface area (TPSA) is 32.8 Å². The van der Waals surface area contributed by atoms with Crippen molar-refractivity contribution in [2.75, 3.05) is 39.4 Å². The first-order valence-electron chi connectivity index (χ1n) is 8.06. The maximum absolute atomic E-state index is 13.2. The Morgan fingerprint density at radius 2 is 1.91 bits per heavy atom. The molecule has 1 aromatic rings. The third-order valence-electron chi connectivity index (χ3n) is 4.55. The summed E-state index contributed by atoms with van der Waals surface area (Å²) in [6, 6.07) is 6.76. The molecular weight excluding hydrogens is 283 g/mol. The van der Waals surface area contributed by atoms with Gasteiger partial charge in [-0.1, -0.05) is 12.1 Å². The SMILES string of the molecule is O=C(C1CCN(Cc2cccc(F)c2)CC1)N1CCOCC1. The van der Waals surface area contributed by atoms with Crippen LogP contribution in [-0.2, 0) is 16.1 Å². The fourth-order valence-corrected chi connectivity index (χ4v) is 3.27. The molecule has 0 bridgehead atoms. The number of hydrogen-bond acceptors (Lipinski definition) is 3. The minimum Gasteiger partial charge on any atom is -0.378 e. The van der Waals surface area contributed by atoms with Gasteiger partial charge in [0.05, 0.1) is 13.2 Å². The second-order valence-electron chi connectivity index (χ2n) is 6.12. The molecule has 0 aromatic heterocycles. The summed E-state index contributed by atoms with van der Waals surface area (Å²) in [5, 5.41) is 0. The summed E-state index contributed by atoms with van der Waals surface area (Å²) in [4.78, 5) is 16.7. The first-order valence-corrected chi connectivity index (χ1v) is 8.06. The van der Waals surface area contributed by atoms with Gasteiger partial charge in [-0.3, -0.25) is 9.69 Å². The third-order valence-corrected chi connectivity index (χ3v) is 4.55. The number of carbonyl (C=O) groups excluding carboxylic acids is 1. The molecule has 5 heteroatoms. The van der Waals surface area contributed by atoms with Crippen LogP contribution in [0, 0.1) is 11.7 Å². The van der Waals surface area contributed by atoms with Crippen molar-refractivity contribution in [1.29, 1.82) is 0 Å². The van der Waals surface area contributed by atoms with E-state index >= 15 is 0 Å². The number of amides is 1. The number of piperidine rings is 1. The van der Waals surface area contributed by atoms with Gasteiger partial charge >= 0.3 is 0 Å². The first kappa shape index (κ1) is 15.4. The molecule has 2 heterocycles.